The minimum Gasteiger partial charge on any atom is -0.353 e. The van der Waals surface area contributed by atoms with Crippen LogP contribution in [0, 0.1) is 9.49 Å². The first-order chi connectivity index (χ1) is 9.87. The standard InChI is InChI=1S/C14H16Cl2IN3O/c1-4-9-7(2)14(3,16)13(21-9)20-5-8(17)10-11(15)18-6-19-12(10)20/h5-7,9,13H,4H2,1-3H3/t7-,9-,13-,14-/m1/s1. The van der Waals surface area contributed by atoms with Crippen molar-refractivity contribution in [2.75, 3.05) is 0 Å². The van der Waals surface area contributed by atoms with Crippen LogP contribution < -0.4 is 0 Å². The molecule has 3 heterocycles. The zero-order valence-electron chi connectivity index (χ0n) is 12.0. The Bertz CT molecular complexity index is 688. The Balaban J connectivity index is 2.15. The fraction of sp³-hybridized carbons (Fsp3) is 0.571. The maximum Gasteiger partial charge on any atom is 0.154 e. The van der Waals surface area contributed by atoms with Crippen LogP contribution in [0.2, 0.25) is 5.15 Å². The van der Waals surface area contributed by atoms with Gasteiger partial charge < -0.3 is 9.30 Å². The summed E-state index contributed by atoms with van der Waals surface area (Å²) in [6.45, 7) is 6.29. The molecule has 0 aliphatic carbocycles. The summed E-state index contributed by atoms with van der Waals surface area (Å²) in [5.41, 5.74) is 0.764. The molecule has 0 aromatic carbocycles. The topological polar surface area (TPSA) is 39.9 Å². The summed E-state index contributed by atoms with van der Waals surface area (Å²) in [4.78, 5) is 7.93. The SMILES string of the molecule is CC[C@H]1O[C@@H](n2cc(I)c3c(Cl)ncnc32)[C@](C)(Cl)[C@@H]1C. The van der Waals surface area contributed by atoms with Crippen molar-refractivity contribution < 1.29 is 4.74 Å². The number of halogens is 3. The van der Waals surface area contributed by atoms with Crippen molar-refractivity contribution in [1.82, 2.24) is 14.5 Å². The normalized spacial score (nSPS) is 33.0. The van der Waals surface area contributed by atoms with E-state index in [1.54, 1.807) is 0 Å². The Labute approximate surface area is 147 Å². The zero-order valence-corrected chi connectivity index (χ0v) is 15.6. The first kappa shape index (κ1) is 15.8. The molecule has 2 aromatic heterocycles. The molecule has 4 atom stereocenters. The molecule has 1 aliphatic rings. The van der Waals surface area contributed by atoms with E-state index in [-0.39, 0.29) is 18.2 Å². The molecule has 1 fully saturated rings. The average molecular weight is 440 g/mol. The minimum atomic E-state index is -0.493. The van der Waals surface area contributed by atoms with Crippen LogP contribution >= 0.6 is 45.8 Å². The first-order valence-electron chi connectivity index (χ1n) is 6.88. The Morgan fingerprint density at radius 1 is 1.48 bits per heavy atom. The lowest BCUT2D eigenvalue weighted by Crippen LogP contribution is -2.32. The van der Waals surface area contributed by atoms with Crippen LogP contribution in [-0.2, 0) is 4.74 Å². The Kier molecular flexibility index (Phi) is 4.14. The number of aromatic nitrogens is 3. The molecule has 21 heavy (non-hydrogen) atoms. The highest BCUT2D eigenvalue weighted by atomic mass is 127. The van der Waals surface area contributed by atoms with Gasteiger partial charge >= 0.3 is 0 Å². The summed E-state index contributed by atoms with van der Waals surface area (Å²) >= 11 is 15.3. The van der Waals surface area contributed by atoms with E-state index < -0.39 is 4.87 Å². The lowest BCUT2D eigenvalue weighted by Gasteiger charge is -2.27. The molecule has 3 rings (SSSR count). The van der Waals surface area contributed by atoms with Gasteiger partial charge in [0, 0.05) is 15.7 Å². The summed E-state index contributed by atoms with van der Waals surface area (Å²) in [5.74, 6) is 0.251. The van der Waals surface area contributed by atoms with Gasteiger partial charge in [0.2, 0.25) is 0 Å². The lowest BCUT2D eigenvalue weighted by atomic mass is 9.90. The van der Waals surface area contributed by atoms with Gasteiger partial charge in [-0.2, -0.15) is 0 Å². The molecule has 0 spiro atoms. The molecular formula is C14H16Cl2IN3O. The fourth-order valence-corrected chi connectivity index (χ4v) is 4.46. The van der Waals surface area contributed by atoms with Gasteiger partial charge in [-0.25, -0.2) is 9.97 Å². The van der Waals surface area contributed by atoms with Crippen molar-refractivity contribution >= 4 is 56.8 Å². The van der Waals surface area contributed by atoms with Crippen LogP contribution in [0.4, 0.5) is 0 Å². The number of fused-ring (bicyclic) bond motifs is 1. The van der Waals surface area contributed by atoms with E-state index >= 15 is 0 Å². The van der Waals surface area contributed by atoms with Gasteiger partial charge in [-0.1, -0.05) is 25.4 Å². The summed E-state index contributed by atoms with van der Waals surface area (Å²) in [6, 6.07) is 0. The van der Waals surface area contributed by atoms with Crippen molar-refractivity contribution in [3.63, 3.8) is 0 Å². The van der Waals surface area contributed by atoms with E-state index in [1.807, 2.05) is 17.7 Å². The highest BCUT2D eigenvalue weighted by molar-refractivity contribution is 14.1. The Hall–Kier alpha value is -0.110. The quantitative estimate of drug-likeness (QED) is 0.389. The molecule has 114 valence electrons. The van der Waals surface area contributed by atoms with Gasteiger partial charge in [-0.3, -0.25) is 0 Å². The summed E-state index contributed by atoms with van der Waals surface area (Å²) in [5, 5.41) is 1.31. The molecular weight excluding hydrogens is 424 g/mol. The van der Waals surface area contributed by atoms with Crippen molar-refractivity contribution in [3.8, 4) is 0 Å². The van der Waals surface area contributed by atoms with E-state index in [4.69, 9.17) is 27.9 Å². The van der Waals surface area contributed by atoms with E-state index in [2.05, 4.69) is 46.4 Å². The molecule has 2 aromatic rings. The van der Waals surface area contributed by atoms with E-state index in [0.717, 1.165) is 21.0 Å². The van der Waals surface area contributed by atoms with Gasteiger partial charge in [0.05, 0.1) is 16.4 Å². The molecule has 4 nitrogen and oxygen atoms in total. The molecule has 0 unspecified atom stereocenters. The molecule has 7 heteroatoms. The van der Waals surface area contributed by atoms with Crippen LogP contribution in [0.15, 0.2) is 12.5 Å². The third-order valence-corrected chi connectivity index (χ3v) is 6.04. The Morgan fingerprint density at radius 2 is 2.19 bits per heavy atom. The highest BCUT2D eigenvalue weighted by Gasteiger charge is 2.50. The third kappa shape index (κ3) is 2.36. The first-order valence-corrected chi connectivity index (χ1v) is 8.72. The molecule has 0 radical (unpaired) electrons. The summed E-state index contributed by atoms with van der Waals surface area (Å²) in [7, 11) is 0. The fourth-order valence-electron chi connectivity index (χ4n) is 2.98. The second-order valence-electron chi connectivity index (χ2n) is 5.62. The molecule has 0 saturated carbocycles. The van der Waals surface area contributed by atoms with Gasteiger partial charge in [0.1, 0.15) is 17.1 Å². The number of hydrogen-bond acceptors (Lipinski definition) is 3. The van der Waals surface area contributed by atoms with E-state index in [0.29, 0.717) is 5.15 Å². The number of nitrogens with zero attached hydrogens (tertiary/aromatic N) is 3. The molecule has 1 saturated heterocycles. The van der Waals surface area contributed by atoms with Crippen molar-refractivity contribution in [2.45, 2.75) is 44.4 Å². The van der Waals surface area contributed by atoms with Gasteiger partial charge in [-0.15, -0.1) is 11.6 Å². The van der Waals surface area contributed by atoms with Gasteiger partial charge in [0.25, 0.3) is 0 Å². The zero-order chi connectivity index (χ0) is 15.4. The third-order valence-electron chi connectivity index (χ3n) is 4.41. The minimum absolute atomic E-state index is 0.143. The smallest absolute Gasteiger partial charge is 0.154 e. The second-order valence-corrected chi connectivity index (χ2v) is 7.96. The number of ether oxygens (including phenoxy) is 1. The van der Waals surface area contributed by atoms with Gasteiger partial charge in [0.15, 0.2) is 6.23 Å². The molecule has 0 amide bonds. The Morgan fingerprint density at radius 3 is 2.81 bits per heavy atom. The van der Waals surface area contributed by atoms with Crippen LogP contribution in [0.3, 0.4) is 0 Å². The lowest BCUT2D eigenvalue weighted by molar-refractivity contribution is -0.00858. The maximum absolute atomic E-state index is 6.82. The monoisotopic (exact) mass is 439 g/mol. The summed E-state index contributed by atoms with van der Waals surface area (Å²) < 4.78 is 9.20. The van der Waals surface area contributed by atoms with Crippen LogP contribution in [0.25, 0.3) is 11.0 Å². The van der Waals surface area contributed by atoms with Crippen molar-refractivity contribution in [1.29, 1.82) is 0 Å². The summed E-state index contributed by atoms with van der Waals surface area (Å²) in [6.07, 6.45) is 4.27. The molecule has 0 N–H and O–H groups in total. The average Bonchev–Trinajstić information content (AvgIpc) is 2.87. The number of rotatable bonds is 2. The highest BCUT2D eigenvalue weighted by Crippen LogP contribution is 2.49. The van der Waals surface area contributed by atoms with Crippen molar-refractivity contribution in [2.24, 2.45) is 5.92 Å². The molecule has 1 aliphatic heterocycles. The van der Waals surface area contributed by atoms with Crippen molar-refractivity contribution in [3.05, 3.63) is 21.2 Å². The van der Waals surface area contributed by atoms with Crippen LogP contribution in [0.5, 0.6) is 0 Å². The maximum atomic E-state index is 6.82. The van der Waals surface area contributed by atoms with Gasteiger partial charge in [-0.05, 0) is 35.9 Å². The van der Waals surface area contributed by atoms with E-state index in [1.165, 1.54) is 6.33 Å². The second kappa shape index (κ2) is 5.51. The largest absolute Gasteiger partial charge is 0.353 e. The molecule has 0 bridgehead atoms. The number of hydrogen-bond donors (Lipinski definition) is 0. The predicted octanol–water partition coefficient (Wildman–Crippen LogP) is 4.63. The van der Waals surface area contributed by atoms with Crippen LogP contribution in [0.1, 0.15) is 33.4 Å². The van der Waals surface area contributed by atoms with E-state index in [9.17, 15) is 0 Å². The van der Waals surface area contributed by atoms with Crippen LogP contribution in [-0.4, -0.2) is 25.5 Å². The number of alkyl halides is 1. The predicted molar refractivity (Wildman–Crippen MR) is 92.9 cm³/mol.